The molecule has 0 saturated carbocycles. The Balaban J connectivity index is 2.66. The highest BCUT2D eigenvalue weighted by Crippen LogP contribution is 2.41. The largest absolute Gasteiger partial charge is 0.489 e. The van der Waals surface area contributed by atoms with E-state index in [1.54, 1.807) is 13.8 Å². The Morgan fingerprint density at radius 2 is 1.43 bits per heavy atom. The molecule has 2 aromatic carbocycles. The third kappa shape index (κ3) is 3.34. The van der Waals surface area contributed by atoms with Gasteiger partial charge in [0.2, 0.25) is 9.84 Å². The number of sulfone groups is 1. The molecule has 0 heterocycles. The number of hydrogen-bond acceptors (Lipinski definition) is 6. The summed E-state index contributed by atoms with van der Waals surface area (Å²) in [5.41, 5.74) is 12.3. The Morgan fingerprint density at radius 1 is 0.870 bits per heavy atom. The maximum atomic E-state index is 12.9. The van der Waals surface area contributed by atoms with Crippen molar-refractivity contribution in [2.45, 2.75) is 23.6 Å². The summed E-state index contributed by atoms with van der Waals surface area (Å²) in [7, 11) is -3.78. The van der Waals surface area contributed by atoms with Crippen molar-refractivity contribution in [3.05, 3.63) is 36.4 Å². The van der Waals surface area contributed by atoms with Gasteiger partial charge in [-0.15, -0.1) is 0 Å². The summed E-state index contributed by atoms with van der Waals surface area (Å²) in [4.78, 5) is 0.140. The van der Waals surface area contributed by atoms with Gasteiger partial charge in [-0.2, -0.15) is 0 Å². The van der Waals surface area contributed by atoms with Crippen molar-refractivity contribution in [2.24, 2.45) is 0 Å². The Kier molecular flexibility index (Phi) is 5.00. The van der Waals surface area contributed by atoms with Crippen molar-refractivity contribution in [2.75, 3.05) is 24.7 Å². The molecule has 4 N–H and O–H groups in total. The zero-order valence-corrected chi connectivity index (χ0v) is 13.9. The van der Waals surface area contributed by atoms with E-state index < -0.39 is 9.84 Å². The zero-order valence-electron chi connectivity index (χ0n) is 13.1. The Labute approximate surface area is 135 Å². The molecule has 0 radical (unpaired) electrons. The maximum absolute atomic E-state index is 12.9. The van der Waals surface area contributed by atoms with Crippen LogP contribution in [-0.4, -0.2) is 21.6 Å². The standard InChI is InChI=1S/C16H20N2O4S/c1-3-21-15-13(18)9-10-14(16(15)22-4-2)23(19,20)12-7-5-11(17)6-8-12/h5-10H,3-4,17-18H2,1-2H3. The summed E-state index contributed by atoms with van der Waals surface area (Å²) < 4.78 is 36.8. The van der Waals surface area contributed by atoms with Crippen LogP contribution < -0.4 is 20.9 Å². The van der Waals surface area contributed by atoms with E-state index in [2.05, 4.69) is 0 Å². The lowest BCUT2D eigenvalue weighted by atomic mass is 10.2. The van der Waals surface area contributed by atoms with Crippen LogP contribution in [0.1, 0.15) is 13.8 Å². The fourth-order valence-electron chi connectivity index (χ4n) is 2.12. The molecule has 0 aliphatic carbocycles. The minimum absolute atomic E-state index is 0.0155. The fraction of sp³-hybridized carbons (Fsp3) is 0.250. The van der Waals surface area contributed by atoms with Gasteiger partial charge < -0.3 is 20.9 Å². The summed E-state index contributed by atoms with van der Waals surface area (Å²) >= 11 is 0. The van der Waals surface area contributed by atoms with Gasteiger partial charge in [0.25, 0.3) is 0 Å². The summed E-state index contributed by atoms with van der Waals surface area (Å²) in [5.74, 6) is 0.372. The quantitative estimate of drug-likeness (QED) is 0.785. The summed E-state index contributed by atoms with van der Waals surface area (Å²) in [5, 5.41) is 0. The van der Waals surface area contributed by atoms with Gasteiger partial charge in [-0.3, -0.25) is 0 Å². The molecule has 0 atom stereocenters. The highest BCUT2D eigenvalue weighted by molar-refractivity contribution is 7.91. The van der Waals surface area contributed by atoms with Crippen LogP contribution in [0.3, 0.4) is 0 Å². The molecule has 0 fully saturated rings. The first-order chi connectivity index (χ1) is 10.9. The second kappa shape index (κ2) is 6.78. The second-order valence-electron chi connectivity index (χ2n) is 4.75. The first-order valence-electron chi connectivity index (χ1n) is 7.20. The monoisotopic (exact) mass is 336 g/mol. The Hall–Kier alpha value is -2.41. The van der Waals surface area contributed by atoms with Gasteiger partial charge in [0.1, 0.15) is 4.90 Å². The van der Waals surface area contributed by atoms with E-state index in [1.807, 2.05) is 0 Å². The number of nitrogens with two attached hydrogens (primary N) is 2. The van der Waals surface area contributed by atoms with E-state index in [9.17, 15) is 8.42 Å². The second-order valence-corrected chi connectivity index (χ2v) is 6.67. The van der Waals surface area contributed by atoms with E-state index in [0.717, 1.165) is 0 Å². The molecule has 0 aliphatic rings. The number of anilines is 2. The van der Waals surface area contributed by atoms with E-state index >= 15 is 0 Å². The summed E-state index contributed by atoms with van der Waals surface area (Å²) in [6, 6.07) is 8.91. The topological polar surface area (TPSA) is 105 Å². The van der Waals surface area contributed by atoms with Gasteiger partial charge in [-0.05, 0) is 50.2 Å². The molecule has 0 saturated heterocycles. The van der Waals surface area contributed by atoms with Crippen LogP contribution in [0.5, 0.6) is 11.5 Å². The minimum Gasteiger partial charge on any atom is -0.489 e. The highest BCUT2D eigenvalue weighted by atomic mass is 32.2. The Bertz CT molecular complexity index is 786. The lowest BCUT2D eigenvalue weighted by molar-refractivity contribution is 0.282. The third-order valence-electron chi connectivity index (χ3n) is 3.16. The summed E-state index contributed by atoms with van der Waals surface area (Å²) in [6.45, 7) is 4.18. The molecule has 0 unspecified atom stereocenters. The predicted octanol–water partition coefficient (Wildman–Crippen LogP) is 2.48. The van der Waals surface area contributed by atoms with E-state index in [0.29, 0.717) is 18.0 Å². The normalized spacial score (nSPS) is 11.2. The molecule has 23 heavy (non-hydrogen) atoms. The van der Waals surface area contributed by atoms with Crippen LogP contribution in [0, 0.1) is 0 Å². The number of nitrogen functional groups attached to an aromatic ring is 2. The predicted molar refractivity (Wildman–Crippen MR) is 89.5 cm³/mol. The average Bonchev–Trinajstić information content (AvgIpc) is 2.51. The molecule has 0 aromatic heterocycles. The molecule has 124 valence electrons. The molecular weight excluding hydrogens is 316 g/mol. The number of hydrogen-bond donors (Lipinski definition) is 2. The lowest BCUT2D eigenvalue weighted by Crippen LogP contribution is -2.09. The van der Waals surface area contributed by atoms with E-state index in [4.69, 9.17) is 20.9 Å². The minimum atomic E-state index is -3.78. The van der Waals surface area contributed by atoms with Crippen molar-refractivity contribution in [3.63, 3.8) is 0 Å². The van der Waals surface area contributed by atoms with Gasteiger partial charge in [-0.25, -0.2) is 8.42 Å². The van der Waals surface area contributed by atoms with Crippen LogP contribution in [0.15, 0.2) is 46.2 Å². The average molecular weight is 336 g/mol. The van der Waals surface area contributed by atoms with Crippen LogP contribution in [0.25, 0.3) is 0 Å². The molecule has 2 rings (SSSR count). The molecule has 0 aliphatic heterocycles. The SMILES string of the molecule is CCOc1c(N)ccc(S(=O)(=O)c2ccc(N)cc2)c1OCC. The van der Waals surface area contributed by atoms with Crippen molar-refractivity contribution >= 4 is 21.2 Å². The lowest BCUT2D eigenvalue weighted by Gasteiger charge is -2.17. The molecule has 0 spiro atoms. The molecule has 0 amide bonds. The molecule has 6 nitrogen and oxygen atoms in total. The van der Waals surface area contributed by atoms with Gasteiger partial charge in [-0.1, -0.05) is 0 Å². The number of ether oxygens (including phenoxy) is 2. The van der Waals surface area contributed by atoms with Gasteiger partial charge in [0.05, 0.1) is 23.8 Å². The molecule has 7 heteroatoms. The smallest absolute Gasteiger partial charge is 0.210 e. The van der Waals surface area contributed by atoms with E-state index in [-0.39, 0.29) is 27.9 Å². The maximum Gasteiger partial charge on any atom is 0.210 e. The number of benzene rings is 2. The fourth-order valence-corrected chi connectivity index (χ4v) is 3.51. The molecular formula is C16H20N2O4S. The van der Waals surface area contributed by atoms with E-state index in [1.165, 1.54) is 36.4 Å². The number of rotatable bonds is 6. The van der Waals surface area contributed by atoms with Crippen LogP contribution in [-0.2, 0) is 9.84 Å². The first kappa shape index (κ1) is 17.0. The van der Waals surface area contributed by atoms with Crippen molar-refractivity contribution in [3.8, 4) is 11.5 Å². The van der Waals surface area contributed by atoms with Gasteiger partial charge in [0.15, 0.2) is 11.5 Å². The summed E-state index contributed by atoms with van der Waals surface area (Å²) in [6.07, 6.45) is 0. The Morgan fingerprint density at radius 3 is 2.00 bits per heavy atom. The molecule has 0 bridgehead atoms. The van der Waals surface area contributed by atoms with Crippen LogP contribution in [0.4, 0.5) is 11.4 Å². The van der Waals surface area contributed by atoms with Crippen molar-refractivity contribution in [1.82, 2.24) is 0 Å². The molecule has 2 aromatic rings. The highest BCUT2D eigenvalue weighted by Gasteiger charge is 2.26. The van der Waals surface area contributed by atoms with Crippen molar-refractivity contribution in [1.29, 1.82) is 0 Å². The third-order valence-corrected chi connectivity index (χ3v) is 4.96. The van der Waals surface area contributed by atoms with Gasteiger partial charge in [0, 0.05) is 5.69 Å². The van der Waals surface area contributed by atoms with Gasteiger partial charge >= 0.3 is 0 Å². The van der Waals surface area contributed by atoms with Crippen LogP contribution in [0.2, 0.25) is 0 Å². The zero-order chi connectivity index (χ0) is 17.0. The van der Waals surface area contributed by atoms with Crippen molar-refractivity contribution < 1.29 is 17.9 Å². The van der Waals surface area contributed by atoms with Crippen LogP contribution >= 0.6 is 0 Å². The first-order valence-corrected chi connectivity index (χ1v) is 8.68.